The van der Waals surface area contributed by atoms with Crippen molar-refractivity contribution in [1.82, 2.24) is 0 Å². The maximum atomic E-state index is 13.6. The van der Waals surface area contributed by atoms with Crippen molar-refractivity contribution in [2.24, 2.45) is 0 Å². The normalized spacial score (nSPS) is 27.5. The fourth-order valence-electron chi connectivity index (χ4n) is 2.20. The molecule has 0 aromatic heterocycles. The number of hydrogen-bond donors (Lipinski definition) is 1. The molecule has 2 rings (SSSR count). The lowest BCUT2D eigenvalue weighted by Crippen LogP contribution is -2.18. The van der Waals surface area contributed by atoms with E-state index in [1.807, 2.05) is 24.3 Å². The molecule has 0 spiro atoms. The molecule has 76 valence electrons. The topological polar surface area (TPSA) is 26.0 Å². The highest BCUT2D eigenvalue weighted by atomic mass is 19.1. The lowest BCUT2D eigenvalue weighted by atomic mass is 9.82. The molecule has 2 heteroatoms. The summed E-state index contributed by atoms with van der Waals surface area (Å²) in [6.45, 7) is 0. The quantitative estimate of drug-likeness (QED) is 0.681. The Morgan fingerprint density at radius 2 is 1.71 bits per heavy atom. The molecule has 1 aliphatic rings. The van der Waals surface area contributed by atoms with Gasteiger partial charge in [0.25, 0.3) is 0 Å². The molecule has 1 fully saturated rings. The molecular weight excluding hydrogens is 177 g/mol. The minimum Gasteiger partial charge on any atom is -0.399 e. The zero-order valence-corrected chi connectivity index (χ0v) is 8.25. The number of hydrogen-bond acceptors (Lipinski definition) is 1. The molecular formula is C12H16FN. The van der Waals surface area contributed by atoms with Gasteiger partial charge in [0.15, 0.2) is 0 Å². The van der Waals surface area contributed by atoms with Crippen LogP contribution in [0.1, 0.15) is 37.2 Å². The van der Waals surface area contributed by atoms with Crippen LogP contribution in [0.4, 0.5) is 10.1 Å². The van der Waals surface area contributed by atoms with Gasteiger partial charge < -0.3 is 5.73 Å². The Bertz CT molecular complexity index is 294. The first-order valence-electron chi connectivity index (χ1n) is 5.27. The molecule has 14 heavy (non-hydrogen) atoms. The van der Waals surface area contributed by atoms with Crippen LogP contribution >= 0.6 is 0 Å². The van der Waals surface area contributed by atoms with Gasteiger partial charge in [-0.3, -0.25) is 0 Å². The van der Waals surface area contributed by atoms with E-state index in [1.54, 1.807) is 0 Å². The average Bonchev–Trinajstić information content (AvgIpc) is 2.20. The predicted molar refractivity (Wildman–Crippen MR) is 57.0 cm³/mol. The van der Waals surface area contributed by atoms with E-state index >= 15 is 0 Å². The number of benzene rings is 1. The largest absolute Gasteiger partial charge is 0.399 e. The van der Waals surface area contributed by atoms with E-state index < -0.39 is 6.17 Å². The van der Waals surface area contributed by atoms with Crippen molar-refractivity contribution in [2.75, 3.05) is 5.73 Å². The molecule has 0 aliphatic heterocycles. The number of nitrogens with two attached hydrogens (primary N) is 1. The van der Waals surface area contributed by atoms with Crippen molar-refractivity contribution < 1.29 is 4.39 Å². The highest BCUT2D eigenvalue weighted by Gasteiger charge is 2.25. The lowest BCUT2D eigenvalue weighted by molar-refractivity contribution is 0.216. The van der Waals surface area contributed by atoms with Crippen LogP contribution < -0.4 is 5.73 Å². The maximum Gasteiger partial charge on any atom is 0.107 e. The Kier molecular flexibility index (Phi) is 2.71. The number of halogens is 1. The number of anilines is 1. The summed E-state index contributed by atoms with van der Waals surface area (Å²) >= 11 is 0. The first kappa shape index (κ1) is 9.50. The molecule has 2 atom stereocenters. The van der Waals surface area contributed by atoms with Gasteiger partial charge in [-0.25, -0.2) is 4.39 Å². The second kappa shape index (κ2) is 3.99. The minimum absolute atomic E-state index is 0.101. The number of alkyl halides is 1. The molecule has 2 N–H and O–H groups in total. The highest BCUT2D eigenvalue weighted by Crippen LogP contribution is 2.35. The summed E-state index contributed by atoms with van der Waals surface area (Å²) in [6.07, 6.45) is 3.22. The second-order valence-electron chi connectivity index (χ2n) is 4.07. The van der Waals surface area contributed by atoms with E-state index in [0.717, 1.165) is 36.9 Å². The number of rotatable bonds is 1. The van der Waals surface area contributed by atoms with Gasteiger partial charge in [-0.2, -0.15) is 0 Å². The third-order valence-corrected chi connectivity index (χ3v) is 3.05. The Balaban J connectivity index is 2.16. The van der Waals surface area contributed by atoms with Crippen LogP contribution in [0, 0.1) is 0 Å². The van der Waals surface area contributed by atoms with Crippen LogP contribution in [-0.4, -0.2) is 6.17 Å². The van der Waals surface area contributed by atoms with E-state index in [-0.39, 0.29) is 5.92 Å². The first-order valence-corrected chi connectivity index (χ1v) is 5.27. The van der Waals surface area contributed by atoms with Crippen LogP contribution in [0.25, 0.3) is 0 Å². The summed E-state index contributed by atoms with van der Waals surface area (Å²) in [6, 6.07) is 7.63. The molecule has 1 aliphatic carbocycles. The highest BCUT2D eigenvalue weighted by molar-refractivity contribution is 5.40. The molecule has 0 bridgehead atoms. The van der Waals surface area contributed by atoms with Crippen LogP contribution in [0.5, 0.6) is 0 Å². The van der Waals surface area contributed by atoms with Crippen molar-refractivity contribution in [3.63, 3.8) is 0 Å². The summed E-state index contributed by atoms with van der Waals surface area (Å²) < 4.78 is 13.6. The van der Waals surface area contributed by atoms with Gasteiger partial charge in [-0.05, 0) is 30.5 Å². The summed E-state index contributed by atoms with van der Waals surface area (Å²) in [7, 11) is 0. The molecule has 0 amide bonds. The summed E-state index contributed by atoms with van der Waals surface area (Å²) in [5.41, 5.74) is 7.45. The number of nitrogen functional groups attached to an aromatic ring is 1. The predicted octanol–water partition coefficient (Wildman–Crippen LogP) is 3.26. The molecule has 0 heterocycles. The van der Waals surface area contributed by atoms with Crippen molar-refractivity contribution in [1.29, 1.82) is 0 Å². The molecule has 0 radical (unpaired) electrons. The van der Waals surface area contributed by atoms with Crippen LogP contribution in [0.15, 0.2) is 24.3 Å². The standard InChI is InChI=1S/C12H16FN/c13-12-4-2-1-3-11(12)9-5-7-10(14)8-6-9/h5-8,11-12H,1-4,14H2. The Morgan fingerprint density at radius 1 is 1.07 bits per heavy atom. The van der Waals surface area contributed by atoms with Gasteiger partial charge in [-0.1, -0.05) is 25.0 Å². The van der Waals surface area contributed by atoms with Crippen molar-refractivity contribution >= 4 is 5.69 Å². The molecule has 2 unspecified atom stereocenters. The zero-order valence-electron chi connectivity index (χ0n) is 8.25. The van der Waals surface area contributed by atoms with E-state index in [9.17, 15) is 4.39 Å². The lowest BCUT2D eigenvalue weighted by Gasteiger charge is -2.26. The zero-order chi connectivity index (χ0) is 9.97. The van der Waals surface area contributed by atoms with E-state index in [1.165, 1.54) is 0 Å². The van der Waals surface area contributed by atoms with E-state index in [2.05, 4.69) is 0 Å². The second-order valence-corrected chi connectivity index (χ2v) is 4.07. The molecule has 0 saturated heterocycles. The average molecular weight is 193 g/mol. The summed E-state index contributed by atoms with van der Waals surface area (Å²) in [5.74, 6) is 0.101. The fraction of sp³-hybridized carbons (Fsp3) is 0.500. The smallest absolute Gasteiger partial charge is 0.107 e. The molecule has 1 aromatic rings. The van der Waals surface area contributed by atoms with Crippen LogP contribution in [0.2, 0.25) is 0 Å². The Hall–Kier alpha value is -1.05. The van der Waals surface area contributed by atoms with Gasteiger partial charge in [0.1, 0.15) is 6.17 Å². The minimum atomic E-state index is -0.660. The van der Waals surface area contributed by atoms with Gasteiger partial charge in [0.2, 0.25) is 0 Å². The van der Waals surface area contributed by atoms with Gasteiger partial charge in [0.05, 0.1) is 0 Å². The fourth-order valence-corrected chi connectivity index (χ4v) is 2.20. The molecule has 1 nitrogen and oxygen atoms in total. The Morgan fingerprint density at radius 3 is 2.36 bits per heavy atom. The molecule has 1 saturated carbocycles. The SMILES string of the molecule is Nc1ccc(C2CCCCC2F)cc1. The van der Waals surface area contributed by atoms with Gasteiger partial charge in [-0.15, -0.1) is 0 Å². The summed E-state index contributed by atoms with van der Waals surface area (Å²) in [5, 5.41) is 0. The van der Waals surface area contributed by atoms with Crippen molar-refractivity contribution in [3.05, 3.63) is 29.8 Å². The van der Waals surface area contributed by atoms with Gasteiger partial charge >= 0.3 is 0 Å². The third-order valence-electron chi connectivity index (χ3n) is 3.05. The van der Waals surface area contributed by atoms with Crippen LogP contribution in [0.3, 0.4) is 0 Å². The van der Waals surface area contributed by atoms with Crippen LogP contribution in [-0.2, 0) is 0 Å². The maximum absolute atomic E-state index is 13.6. The first-order chi connectivity index (χ1) is 6.77. The van der Waals surface area contributed by atoms with Crippen molar-refractivity contribution in [3.8, 4) is 0 Å². The molecule has 1 aromatic carbocycles. The van der Waals surface area contributed by atoms with E-state index in [0.29, 0.717) is 0 Å². The van der Waals surface area contributed by atoms with Crippen molar-refractivity contribution in [2.45, 2.75) is 37.8 Å². The third kappa shape index (κ3) is 1.89. The summed E-state index contributed by atoms with van der Waals surface area (Å²) in [4.78, 5) is 0. The van der Waals surface area contributed by atoms with E-state index in [4.69, 9.17) is 5.73 Å². The monoisotopic (exact) mass is 193 g/mol. The van der Waals surface area contributed by atoms with Gasteiger partial charge in [0, 0.05) is 11.6 Å². The Labute approximate surface area is 84.1 Å².